The van der Waals surface area contributed by atoms with Gasteiger partial charge in [0.25, 0.3) is 0 Å². The molecule has 3 nitrogen and oxygen atoms in total. The van der Waals surface area contributed by atoms with Crippen molar-refractivity contribution in [3.8, 4) is 0 Å². The first-order valence-corrected chi connectivity index (χ1v) is 8.12. The standard InChI is InChI=1S/C19H23ClN2O/c1-13(18(21)16-7-5-4-6-8-16)19(23)22(3)14(2)15-9-11-17(20)12-10-15/h4-14,18H,21H2,1-3H3. The topological polar surface area (TPSA) is 46.3 Å². The molecule has 4 heteroatoms. The Morgan fingerprint density at radius 3 is 2.13 bits per heavy atom. The second kappa shape index (κ2) is 7.62. The van der Waals surface area contributed by atoms with Gasteiger partial charge >= 0.3 is 0 Å². The predicted molar refractivity (Wildman–Crippen MR) is 95.2 cm³/mol. The number of nitrogens with zero attached hydrogens (tertiary/aromatic N) is 1. The van der Waals surface area contributed by atoms with Crippen LogP contribution in [0.1, 0.15) is 37.1 Å². The zero-order chi connectivity index (χ0) is 17.0. The molecule has 0 fully saturated rings. The lowest BCUT2D eigenvalue weighted by atomic mass is 9.93. The van der Waals surface area contributed by atoms with E-state index < -0.39 is 0 Å². The van der Waals surface area contributed by atoms with Crippen LogP contribution in [-0.4, -0.2) is 17.9 Å². The minimum Gasteiger partial charge on any atom is -0.339 e. The average molecular weight is 331 g/mol. The van der Waals surface area contributed by atoms with Crippen LogP contribution in [0.3, 0.4) is 0 Å². The Morgan fingerprint density at radius 1 is 1.00 bits per heavy atom. The van der Waals surface area contributed by atoms with Gasteiger partial charge in [0.1, 0.15) is 0 Å². The lowest BCUT2D eigenvalue weighted by molar-refractivity contribution is -0.136. The van der Waals surface area contributed by atoms with Crippen molar-refractivity contribution in [3.05, 3.63) is 70.7 Å². The highest BCUT2D eigenvalue weighted by atomic mass is 35.5. The van der Waals surface area contributed by atoms with E-state index >= 15 is 0 Å². The smallest absolute Gasteiger partial charge is 0.227 e. The third-order valence-corrected chi connectivity index (χ3v) is 4.65. The van der Waals surface area contributed by atoms with Crippen molar-refractivity contribution in [1.29, 1.82) is 0 Å². The first kappa shape index (κ1) is 17.5. The molecule has 2 N–H and O–H groups in total. The maximum absolute atomic E-state index is 12.8. The fourth-order valence-electron chi connectivity index (χ4n) is 2.59. The van der Waals surface area contributed by atoms with Gasteiger partial charge in [-0.2, -0.15) is 0 Å². The van der Waals surface area contributed by atoms with Crippen LogP contribution in [0.25, 0.3) is 0 Å². The monoisotopic (exact) mass is 330 g/mol. The van der Waals surface area contributed by atoms with E-state index in [1.54, 1.807) is 4.90 Å². The molecule has 0 heterocycles. The van der Waals surface area contributed by atoms with Crippen molar-refractivity contribution in [2.24, 2.45) is 11.7 Å². The second-order valence-corrected chi connectivity index (χ2v) is 6.34. The highest BCUT2D eigenvalue weighted by molar-refractivity contribution is 6.30. The number of carbonyl (C=O) groups excluding carboxylic acids is 1. The van der Waals surface area contributed by atoms with Gasteiger partial charge in [-0.25, -0.2) is 0 Å². The number of hydrogen-bond donors (Lipinski definition) is 1. The zero-order valence-corrected chi connectivity index (χ0v) is 14.5. The Balaban J connectivity index is 2.10. The van der Waals surface area contributed by atoms with Crippen molar-refractivity contribution in [1.82, 2.24) is 4.90 Å². The summed E-state index contributed by atoms with van der Waals surface area (Å²) in [4.78, 5) is 14.5. The van der Waals surface area contributed by atoms with Gasteiger partial charge < -0.3 is 10.6 Å². The van der Waals surface area contributed by atoms with Crippen LogP contribution in [-0.2, 0) is 4.79 Å². The number of halogens is 1. The number of hydrogen-bond acceptors (Lipinski definition) is 2. The molecule has 0 radical (unpaired) electrons. The van der Waals surface area contributed by atoms with Crippen LogP contribution >= 0.6 is 11.6 Å². The Hall–Kier alpha value is -1.84. The van der Waals surface area contributed by atoms with Crippen molar-refractivity contribution in [3.63, 3.8) is 0 Å². The third kappa shape index (κ3) is 4.12. The minimum absolute atomic E-state index is 0.0313. The molecule has 3 atom stereocenters. The molecule has 1 amide bonds. The van der Waals surface area contributed by atoms with Gasteiger partial charge in [0, 0.05) is 18.1 Å². The molecular formula is C19H23ClN2O. The van der Waals surface area contributed by atoms with Crippen molar-refractivity contribution in [2.45, 2.75) is 25.9 Å². The number of nitrogens with two attached hydrogens (primary N) is 1. The van der Waals surface area contributed by atoms with Crippen LogP contribution in [0.2, 0.25) is 5.02 Å². The summed E-state index contributed by atoms with van der Waals surface area (Å²) in [7, 11) is 1.82. The number of benzene rings is 2. The maximum atomic E-state index is 12.8. The van der Waals surface area contributed by atoms with Crippen molar-refractivity contribution < 1.29 is 4.79 Å². The van der Waals surface area contributed by atoms with Gasteiger partial charge in [-0.3, -0.25) is 4.79 Å². The number of carbonyl (C=O) groups is 1. The third-order valence-electron chi connectivity index (χ3n) is 4.39. The SMILES string of the molecule is CC(C(=O)N(C)C(C)c1ccc(Cl)cc1)C(N)c1ccccc1. The molecular weight excluding hydrogens is 308 g/mol. The molecule has 2 aromatic rings. The Bertz CT molecular complexity index is 642. The summed E-state index contributed by atoms with van der Waals surface area (Å²) in [5.74, 6) is -0.263. The lowest BCUT2D eigenvalue weighted by Gasteiger charge is -2.30. The summed E-state index contributed by atoms with van der Waals surface area (Å²) in [6, 6.07) is 16.9. The van der Waals surface area contributed by atoms with Crippen LogP contribution in [0.4, 0.5) is 0 Å². The molecule has 122 valence electrons. The minimum atomic E-state index is -0.316. The molecule has 3 unspecified atom stereocenters. The van der Waals surface area contributed by atoms with E-state index in [1.807, 2.05) is 75.5 Å². The summed E-state index contributed by atoms with van der Waals surface area (Å²) in [6.07, 6.45) is 0. The summed E-state index contributed by atoms with van der Waals surface area (Å²) in [6.45, 7) is 3.88. The van der Waals surface area contributed by atoms with E-state index in [0.717, 1.165) is 11.1 Å². The summed E-state index contributed by atoms with van der Waals surface area (Å²) >= 11 is 5.92. The Labute approximate surface area is 143 Å². The van der Waals surface area contributed by atoms with E-state index in [-0.39, 0.29) is 23.9 Å². The quantitative estimate of drug-likeness (QED) is 0.893. The summed E-state index contributed by atoms with van der Waals surface area (Å²) in [5.41, 5.74) is 8.29. The highest BCUT2D eigenvalue weighted by Crippen LogP contribution is 2.26. The fourth-order valence-corrected chi connectivity index (χ4v) is 2.72. The first-order valence-electron chi connectivity index (χ1n) is 7.74. The lowest BCUT2D eigenvalue weighted by Crippen LogP contribution is -2.38. The Morgan fingerprint density at radius 2 is 1.57 bits per heavy atom. The van der Waals surface area contributed by atoms with Gasteiger partial charge in [0.2, 0.25) is 5.91 Å². The summed E-state index contributed by atoms with van der Waals surface area (Å²) in [5, 5.41) is 0.689. The zero-order valence-electron chi connectivity index (χ0n) is 13.7. The molecule has 0 bridgehead atoms. The number of rotatable bonds is 5. The molecule has 0 aliphatic rings. The van der Waals surface area contributed by atoms with Gasteiger partial charge in [-0.1, -0.05) is 61.0 Å². The van der Waals surface area contributed by atoms with Crippen LogP contribution in [0, 0.1) is 5.92 Å². The first-order chi connectivity index (χ1) is 10.9. The Kier molecular flexibility index (Phi) is 5.80. The normalized spacial score (nSPS) is 14.8. The molecule has 0 aliphatic heterocycles. The molecule has 0 saturated heterocycles. The van der Waals surface area contributed by atoms with Gasteiger partial charge in [-0.15, -0.1) is 0 Å². The molecule has 0 spiro atoms. The maximum Gasteiger partial charge on any atom is 0.227 e. The van der Waals surface area contributed by atoms with E-state index in [0.29, 0.717) is 5.02 Å². The molecule has 2 rings (SSSR count). The van der Waals surface area contributed by atoms with Gasteiger partial charge in [0.15, 0.2) is 0 Å². The van der Waals surface area contributed by atoms with Gasteiger partial charge in [-0.05, 0) is 30.2 Å². The predicted octanol–water partition coefficient (Wildman–Crippen LogP) is 4.20. The molecule has 23 heavy (non-hydrogen) atoms. The summed E-state index contributed by atoms with van der Waals surface area (Å²) < 4.78 is 0. The van der Waals surface area contributed by atoms with Gasteiger partial charge in [0.05, 0.1) is 12.0 Å². The second-order valence-electron chi connectivity index (χ2n) is 5.90. The highest BCUT2D eigenvalue weighted by Gasteiger charge is 2.27. The number of amides is 1. The van der Waals surface area contributed by atoms with Crippen molar-refractivity contribution in [2.75, 3.05) is 7.05 Å². The fraction of sp³-hybridized carbons (Fsp3) is 0.316. The largest absolute Gasteiger partial charge is 0.339 e. The molecule has 0 aromatic heterocycles. The van der Waals surface area contributed by atoms with Crippen LogP contribution in [0.15, 0.2) is 54.6 Å². The molecule has 0 saturated carbocycles. The van der Waals surface area contributed by atoms with E-state index in [1.165, 1.54) is 0 Å². The molecule has 2 aromatic carbocycles. The molecule has 0 aliphatic carbocycles. The van der Waals surface area contributed by atoms with Crippen molar-refractivity contribution >= 4 is 17.5 Å². The van der Waals surface area contributed by atoms with E-state index in [2.05, 4.69) is 0 Å². The van der Waals surface area contributed by atoms with Crippen LogP contribution < -0.4 is 5.73 Å². The van der Waals surface area contributed by atoms with E-state index in [9.17, 15) is 4.79 Å². The van der Waals surface area contributed by atoms with E-state index in [4.69, 9.17) is 17.3 Å². The average Bonchev–Trinajstić information content (AvgIpc) is 2.60. The van der Waals surface area contributed by atoms with Crippen LogP contribution in [0.5, 0.6) is 0 Å².